The van der Waals surface area contributed by atoms with Crippen LogP contribution in [0.4, 0.5) is 5.69 Å². The number of Topliss-reactive ketones (excluding diaryl/α,β-unsaturated/α-hetero) is 1. The molecule has 0 bridgehead atoms. The van der Waals surface area contributed by atoms with Crippen LogP contribution in [-0.4, -0.2) is 36.1 Å². The first-order valence-electron chi connectivity index (χ1n) is 9.83. The van der Waals surface area contributed by atoms with Crippen LogP contribution in [0.2, 0.25) is 0 Å². The maximum atomic E-state index is 13.1. The summed E-state index contributed by atoms with van der Waals surface area (Å²) in [5.74, 6) is -0.737. The quantitative estimate of drug-likeness (QED) is 0.360. The van der Waals surface area contributed by atoms with Gasteiger partial charge in [-0.1, -0.05) is 24.3 Å². The maximum Gasteiger partial charge on any atom is 0.300 e. The van der Waals surface area contributed by atoms with E-state index >= 15 is 0 Å². The number of phenolic OH excluding ortho intramolecular Hbond substituents is 1. The predicted octanol–water partition coefficient (Wildman–Crippen LogP) is 4.04. The van der Waals surface area contributed by atoms with Gasteiger partial charge in [0.2, 0.25) is 0 Å². The number of carbonyl (C=O) groups excluding carboxylic acids is 2. The average Bonchev–Trinajstić information content (AvgIpc) is 3.09. The summed E-state index contributed by atoms with van der Waals surface area (Å²) in [6.45, 7) is 0. The highest BCUT2D eigenvalue weighted by molar-refractivity contribution is 6.51. The fourth-order valence-electron chi connectivity index (χ4n) is 3.74. The lowest BCUT2D eigenvalue weighted by Crippen LogP contribution is -2.29. The first-order valence-corrected chi connectivity index (χ1v) is 9.83. The van der Waals surface area contributed by atoms with Crippen molar-refractivity contribution in [3.05, 3.63) is 89.5 Å². The van der Waals surface area contributed by atoms with Crippen molar-refractivity contribution in [2.24, 2.45) is 0 Å². The van der Waals surface area contributed by atoms with Crippen LogP contribution in [0.25, 0.3) is 5.76 Å². The molecule has 7 nitrogen and oxygen atoms in total. The lowest BCUT2D eigenvalue weighted by atomic mass is 9.95. The Hall–Kier alpha value is -4.26. The fourth-order valence-corrected chi connectivity index (χ4v) is 3.74. The van der Waals surface area contributed by atoms with Crippen LogP contribution in [0, 0.1) is 0 Å². The second-order valence-corrected chi connectivity index (χ2v) is 7.19. The number of ether oxygens (including phenoxy) is 2. The summed E-state index contributed by atoms with van der Waals surface area (Å²) in [5.41, 5.74) is 1.32. The Kier molecular flexibility index (Phi) is 5.55. The number of anilines is 1. The third kappa shape index (κ3) is 3.65. The molecule has 0 radical (unpaired) electrons. The SMILES string of the molecule is COc1ccc(N2C(=O)C(=O)/C(=C(\O)c3cccc(OC)c3)C2c2ccc(O)cc2)cc1. The topological polar surface area (TPSA) is 96.3 Å². The summed E-state index contributed by atoms with van der Waals surface area (Å²) in [4.78, 5) is 27.6. The number of amides is 1. The van der Waals surface area contributed by atoms with E-state index in [1.807, 2.05) is 0 Å². The molecule has 162 valence electrons. The van der Waals surface area contributed by atoms with Gasteiger partial charge in [0.25, 0.3) is 11.7 Å². The van der Waals surface area contributed by atoms with Crippen LogP contribution < -0.4 is 14.4 Å². The number of rotatable bonds is 5. The van der Waals surface area contributed by atoms with E-state index in [1.165, 1.54) is 31.3 Å². The largest absolute Gasteiger partial charge is 0.508 e. The highest BCUT2D eigenvalue weighted by Crippen LogP contribution is 2.42. The van der Waals surface area contributed by atoms with Gasteiger partial charge < -0.3 is 19.7 Å². The molecule has 3 aromatic carbocycles. The molecule has 4 rings (SSSR count). The zero-order valence-electron chi connectivity index (χ0n) is 17.5. The fraction of sp³-hybridized carbons (Fsp3) is 0.120. The van der Waals surface area contributed by atoms with Crippen LogP contribution in [0.1, 0.15) is 17.2 Å². The summed E-state index contributed by atoms with van der Waals surface area (Å²) < 4.78 is 10.4. The van der Waals surface area contributed by atoms with E-state index in [-0.39, 0.29) is 17.1 Å². The van der Waals surface area contributed by atoms with E-state index in [0.29, 0.717) is 28.3 Å². The minimum atomic E-state index is -0.893. The number of phenols is 1. The van der Waals surface area contributed by atoms with Crippen molar-refractivity contribution in [1.29, 1.82) is 0 Å². The molecule has 1 unspecified atom stereocenters. The number of carbonyl (C=O) groups is 2. The minimum absolute atomic E-state index is 0.0444. The Morgan fingerprint density at radius 2 is 1.53 bits per heavy atom. The first kappa shape index (κ1) is 21.0. The molecular formula is C25H21NO6. The van der Waals surface area contributed by atoms with E-state index in [0.717, 1.165) is 0 Å². The van der Waals surface area contributed by atoms with Crippen molar-refractivity contribution >= 4 is 23.1 Å². The smallest absolute Gasteiger partial charge is 0.300 e. The Balaban J connectivity index is 1.92. The van der Waals surface area contributed by atoms with Gasteiger partial charge in [0.15, 0.2) is 0 Å². The molecular weight excluding hydrogens is 410 g/mol. The number of ketones is 1. The molecule has 0 aliphatic carbocycles. The molecule has 1 saturated heterocycles. The van der Waals surface area contributed by atoms with Crippen LogP contribution in [0.3, 0.4) is 0 Å². The summed E-state index contributed by atoms with van der Waals surface area (Å²) in [7, 11) is 3.03. The molecule has 1 aliphatic heterocycles. The third-order valence-corrected chi connectivity index (χ3v) is 5.35. The van der Waals surface area contributed by atoms with Gasteiger partial charge in [-0.05, 0) is 54.1 Å². The molecule has 7 heteroatoms. The number of methoxy groups -OCH3 is 2. The Morgan fingerprint density at radius 3 is 2.16 bits per heavy atom. The van der Waals surface area contributed by atoms with Crippen molar-refractivity contribution in [3.8, 4) is 17.2 Å². The molecule has 0 aromatic heterocycles. The third-order valence-electron chi connectivity index (χ3n) is 5.35. The minimum Gasteiger partial charge on any atom is -0.508 e. The van der Waals surface area contributed by atoms with Crippen molar-refractivity contribution in [2.45, 2.75) is 6.04 Å². The van der Waals surface area contributed by atoms with Gasteiger partial charge in [0.05, 0.1) is 25.8 Å². The highest BCUT2D eigenvalue weighted by Gasteiger charge is 2.47. The zero-order valence-corrected chi connectivity index (χ0v) is 17.5. The van der Waals surface area contributed by atoms with Crippen LogP contribution in [-0.2, 0) is 9.59 Å². The average molecular weight is 431 g/mol. The van der Waals surface area contributed by atoms with Crippen LogP contribution in [0.5, 0.6) is 17.2 Å². The second-order valence-electron chi connectivity index (χ2n) is 7.19. The standard InChI is InChI=1S/C25H21NO6/c1-31-19-12-8-17(9-13-19)26-22(15-6-10-18(27)11-7-15)21(24(29)25(26)30)23(28)16-4-3-5-20(14-16)32-2/h3-14,22,27-28H,1-2H3/b23-21-. The van der Waals surface area contributed by atoms with Crippen molar-refractivity contribution in [1.82, 2.24) is 0 Å². The summed E-state index contributed by atoms with van der Waals surface area (Å²) >= 11 is 0. The number of aliphatic hydroxyl groups excluding tert-OH is 1. The molecule has 1 aliphatic rings. The number of aromatic hydroxyl groups is 1. The molecule has 32 heavy (non-hydrogen) atoms. The van der Waals surface area contributed by atoms with E-state index in [4.69, 9.17) is 9.47 Å². The summed E-state index contributed by atoms with van der Waals surface area (Å²) in [6, 6.07) is 18.6. The molecule has 1 amide bonds. The first-order chi connectivity index (χ1) is 15.4. The summed E-state index contributed by atoms with van der Waals surface area (Å²) in [6.07, 6.45) is 0. The molecule has 3 aromatic rings. The van der Waals surface area contributed by atoms with E-state index in [1.54, 1.807) is 60.7 Å². The lowest BCUT2D eigenvalue weighted by Gasteiger charge is -2.25. The van der Waals surface area contributed by atoms with Crippen molar-refractivity contribution in [2.75, 3.05) is 19.1 Å². The molecule has 0 spiro atoms. The van der Waals surface area contributed by atoms with E-state index in [2.05, 4.69) is 0 Å². The molecule has 1 fully saturated rings. The van der Waals surface area contributed by atoms with Crippen molar-refractivity contribution in [3.63, 3.8) is 0 Å². The predicted molar refractivity (Wildman–Crippen MR) is 119 cm³/mol. The molecule has 1 heterocycles. The van der Waals surface area contributed by atoms with Gasteiger partial charge in [0.1, 0.15) is 23.0 Å². The van der Waals surface area contributed by atoms with E-state index < -0.39 is 17.7 Å². The van der Waals surface area contributed by atoms with Gasteiger partial charge >= 0.3 is 0 Å². The Labute approximate surface area is 184 Å². The number of aliphatic hydroxyl groups is 1. The van der Waals surface area contributed by atoms with Gasteiger partial charge in [0, 0.05) is 11.3 Å². The number of hydrogen-bond donors (Lipinski definition) is 2. The number of nitrogens with zero attached hydrogens (tertiary/aromatic N) is 1. The summed E-state index contributed by atoms with van der Waals surface area (Å²) in [5, 5.41) is 20.8. The molecule has 0 saturated carbocycles. The lowest BCUT2D eigenvalue weighted by molar-refractivity contribution is -0.132. The highest BCUT2D eigenvalue weighted by atomic mass is 16.5. The normalized spacial score (nSPS) is 17.4. The van der Waals surface area contributed by atoms with Gasteiger partial charge in [-0.2, -0.15) is 0 Å². The van der Waals surface area contributed by atoms with Gasteiger partial charge in [-0.15, -0.1) is 0 Å². The van der Waals surface area contributed by atoms with Gasteiger partial charge in [-0.3, -0.25) is 14.5 Å². The van der Waals surface area contributed by atoms with Crippen LogP contribution in [0.15, 0.2) is 78.4 Å². The monoisotopic (exact) mass is 431 g/mol. The van der Waals surface area contributed by atoms with E-state index in [9.17, 15) is 19.8 Å². The van der Waals surface area contributed by atoms with Gasteiger partial charge in [-0.25, -0.2) is 0 Å². The number of hydrogen-bond acceptors (Lipinski definition) is 6. The number of benzene rings is 3. The Bertz CT molecular complexity index is 1200. The second kappa shape index (κ2) is 8.47. The molecule has 1 atom stereocenters. The Morgan fingerprint density at radius 1 is 0.875 bits per heavy atom. The zero-order chi connectivity index (χ0) is 22.8. The van der Waals surface area contributed by atoms with Crippen molar-refractivity contribution < 1.29 is 29.3 Å². The molecule has 2 N–H and O–H groups in total. The maximum absolute atomic E-state index is 13.1. The van der Waals surface area contributed by atoms with Crippen LogP contribution >= 0.6 is 0 Å².